The van der Waals surface area contributed by atoms with Gasteiger partial charge in [-0.1, -0.05) is 17.7 Å². The van der Waals surface area contributed by atoms with Crippen molar-refractivity contribution >= 4 is 77.9 Å². The highest BCUT2D eigenvalue weighted by Gasteiger charge is 2.06. The van der Waals surface area contributed by atoms with Crippen LogP contribution in [0.1, 0.15) is 5.56 Å². The fraction of sp³-hybridized carbons (Fsp3) is 0.200. The number of aliphatic hydroxyl groups excluding tert-OH is 1. The fourth-order valence-electron chi connectivity index (χ4n) is 0.770. The van der Waals surface area contributed by atoms with E-state index in [0.29, 0.717) is 0 Å². The number of aliphatic hydroxyl groups is 1. The highest BCUT2D eigenvalue weighted by molar-refractivity contribution is 14.2. The summed E-state index contributed by atoms with van der Waals surface area (Å²) in [4.78, 5) is -0.0666. The second kappa shape index (κ2) is 9.05. The summed E-state index contributed by atoms with van der Waals surface area (Å²) in [5.41, 5.74) is 0.956. The van der Waals surface area contributed by atoms with E-state index in [1.165, 1.54) is 12.1 Å². The van der Waals surface area contributed by atoms with Gasteiger partial charge in [-0.25, -0.2) is 0 Å². The Kier molecular flexibility index (Phi) is 9.56. The van der Waals surface area contributed by atoms with Gasteiger partial charge in [0.25, 0.3) is 10.1 Å². The van der Waals surface area contributed by atoms with Crippen molar-refractivity contribution in [2.45, 2.75) is 11.8 Å². The smallest absolute Gasteiger partial charge is 0.294 e. The van der Waals surface area contributed by atoms with Crippen molar-refractivity contribution in [3.63, 3.8) is 0 Å². The Balaban J connectivity index is 0.000000360. The van der Waals surface area contributed by atoms with Gasteiger partial charge < -0.3 is 5.11 Å². The summed E-state index contributed by atoms with van der Waals surface area (Å²) < 4.78 is 31.7. The molecule has 0 saturated heterocycles. The van der Waals surface area contributed by atoms with Crippen LogP contribution in [0, 0.1) is 6.92 Å². The first-order chi connectivity index (χ1) is 8.18. The predicted octanol–water partition coefficient (Wildman–Crippen LogP) is 3.69. The van der Waals surface area contributed by atoms with Crippen molar-refractivity contribution in [2.75, 3.05) is 6.61 Å². The first-order valence-corrected chi connectivity index (χ1v) is 9.20. The van der Waals surface area contributed by atoms with E-state index in [-0.39, 0.29) is 11.5 Å². The third kappa shape index (κ3) is 8.24. The number of hydrogen-bond acceptors (Lipinski definition) is 3. The minimum Gasteiger partial charge on any atom is -0.391 e. The average Bonchev–Trinajstić information content (AvgIpc) is 2.28. The van der Waals surface area contributed by atoms with Crippen molar-refractivity contribution in [1.29, 1.82) is 0 Å². The summed E-state index contributed by atoms with van der Waals surface area (Å²) in [5, 5.41) is 8.43. The lowest BCUT2D eigenvalue weighted by molar-refractivity contribution is 0.341. The quantitative estimate of drug-likeness (QED) is 0.397. The summed E-state index contributed by atoms with van der Waals surface area (Å²) in [7, 11) is -4.02. The Morgan fingerprint density at radius 1 is 1.17 bits per heavy atom. The van der Waals surface area contributed by atoms with Crippen molar-refractivity contribution < 1.29 is 18.1 Å². The van der Waals surface area contributed by atoms with Crippen LogP contribution in [0.5, 0.6) is 0 Å². The van der Waals surface area contributed by atoms with E-state index in [9.17, 15) is 8.42 Å². The first kappa shape index (κ1) is 19.0. The molecule has 1 aromatic rings. The molecular weight excluding hydrogens is 597 g/mol. The van der Waals surface area contributed by atoms with Crippen LogP contribution in [-0.2, 0) is 10.1 Å². The lowest BCUT2D eigenvalue weighted by atomic mass is 10.2. The van der Waals surface area contributed by atoms with Crippen molar-refractivity contribution in [2.24, 2.45) is 0 Å². The summed E-state index contributed by atoms with van der Waals surface area (Å²) in [6.07, 6.45) is 0. The molecule has 0 aliphatic heterocycles. The molecule has 0 fully saturated rings. The third-order valence-corrected chi connectivity index (χ3v) is 6.78. The molecule has 0 aliphatic carbocycles. The zero-order valence-electron chi connectivity index (χ0n) is 9.27. The summed E-state index contributed by atoms with van der Waals surface area (Å²) >= 11 is 6.44. The first-order valence-electron chi connectivity index (χ1n) is 4.53. The molecule has 0 bridgehead atoms. The van der Waals surface area contributed by atoms with E-state index >= 15 is 0 Å². The Bertz CT molecular complexity index is 504. The molecule has 0 heterocycles. The van der Waals surface area contributed by atoms with Crippen molar-refractivity contribution in [3.05, 3.63) is 35.0 Å². The molecule has 0 amide bonds. The van der Waals surface area contributed by atoms with Gasteiger partial charge in [0, 0.05) is 3.58 Å². The Labute approximate surface area is 147 Å². The van der Waals surface area contributed by atoms with Crippen LogP contribution >= 0.6 is 67.8 Å². The van der Waals surface area contributed by atoms with Crippen molar-refractivity contribution in [1.82, 2.24) is 0 Å². The number of aryl methyl sites for hydroxylation is 1. The highest BCUT2D eigenvalue weighted by atomic mass is 127. The molecule has 0 unspecified atom stereocenters. The third-order valence-electron chi connectivity index (χ3n) is 1.66. The van der Waals surface area contributed by atoms with Crippen LogP contribution in [0.3, 0.4) is 0 Å². The molecule has 1 aromatic carbocycles. The van der Waals surface area contributed by atoms with Gasteiger partial charge in [-0.15, -0.1) is 0 Å². The Hall–Kier alpha value is 1.02. The second-order valence-corrected chi connectivity index (χ2v) is 10.1. The van der Waals surface area contributed by atoms with Crippen LogP contribution in [0.15, 0.2) is 34.3 Å². The number of benzene rings is 1. The molecule has 1 rings (SSSR count). The molecule has 102 valence electrons. The van der Waals surface area contributed by atoms with Gasteiger partial charge >= 0.3 is 0 Å². The molecule has 0 radical (unpaired) electrons. The zero-order chi connectivity index (χ0) is 14.3. The predicted molar refractivity (Wildman–Crippen MR) is 97.2 cm³/mol. The van der Waals surface area contributed by atoms with Gasteiger partial charge in [0.05, 0.1) is 13.1 Å². The molecule has 2 N–H and O–H groups in total. The fourth-order valence-corrected chi connectivity index (χ4v) is 1.59. The largest absolute Gasteiger partial charge is 0.391 e. The molecule has 4 nitrogen and oxygen atoms in total. The van der Waals surface area contributed by atoms with E-state index in [1.807, 2.05) is 6.92 Å². The minimum absolute atomic E-state index is 0.0666. The van der Waals surface area contributed by atoms with Crippen molar-refractivity contribution in [3.8, 4) is 0 Å². The summed E-state index contributed by atoms with van der Waals surface area (Å²) in [6, 6.07) is 5.99. The SMILES string of the molecule is Cc1ccc(S(=O)(=O)O)cc1.OCC(I)=C(I)I. The maximum atomic E-state index is 10.5. The molecule has 0 aliphatic rings. The highest BCUT2D eigenvalue weighted by Crippen LogP contribution is 2.24. The summed E-state index contributed by atoms with van der Waals surface area (Å²) in [6.45, 7) is 2.01. The normalized spacial score (nSPS) is 10.3. The lowest BCUT2D eigenvalue weighted by Crippen LogP contribution is -1.96. The van der Waals surface area contributed by atoms with Gasteiger partial charge in [0.2, 0.25) is 0 Å². The molecule has 0 aromatic heterocycles. The van der Waals surface area contributed by atoms with E-state index in [0.717, 1.165) is 10.7 Å². The van der Waals surface area contributed by atoms with E-state index in [4.69, 9.17) is 9.66 Å². The molecular formula is C10H11I3O4S. The number of halogens is 3. The van der Waals surface area contributed by atoms with Crippen LogP contribution in [0.2, 0.25) is 0 Å². The van der Waals surface area contributed by atoms with Crippen LogP contribution in [0.25, 0.3) is 0 Å². The van der Waals surface area contributed by atoms with Crippen LogP contribution < -0.4 is 0 Å². The molecule has 0 saturated carbocycles. The lowest BCUT2D eigenvalue weighted by Gasteiger charge is -1.95. The van der Waals surface area contributed by atoms with Crippen LogP contribution in [0.4, 0.5) is 0 Å². The molecule has 18 heavy (non-hydrogen) atoms. The topological polar surface area (TPSA) is 74.6 Å². The maximum Gasteiger partial charge on any atom is 0.294 e. The zero-order valence-corrected chi connectivity index (χ0v) is 16.6. The molecule has 8 heteroatoms. The average molecular weight is 608 g/mol. The van der Waals surface area contributed by atoms with Gasteiger partial charge in [0.15, 0.2) is 0 Å². The maximum absolute atomic E-state index is 10.5. The van der Waals surface area contributed by atoms with E-state index < -0.39 is 10.1 Å². The van der Waals surface area contributed by atoms with E-state index in [2.05, 4.69) is 67.8 Å². The summed E-state index contributed by atoms with van der Waals surface area (Å²) in [5.74, 6) is 0. The minimum atomic E-state index is -4.02. The van der Waals surface area contributed by atoms with Gasteiger partial charge in [-0.2, -0.15) is 8.42 Å². The van der Waals surface area contributed by atoms with Crippen LogP contribution in [-0.4, -0.2) is 24.7 Å². The standard InChI is InChI=1S/C7H8O3S.C3H3I3O/c1-6-2-4-7(5-3-6)11(8,9)10;4-2(1-7)3(5)6/h2-5H,1H3,(H,8,9,10);7H,1H2. The Morgan fingerprint density at radius 2 is 1.61 bits per heavy atom. The monoisotopic (exact) mass is 608 g/mol. The molecule has 0 spiro atoms. The van der Waals surface area contributed by atoms with E-state index in [1.54, 1.807) is 12.1 Å². The Morgan fingerprint density at radius 3 is 1.83 bits per heavy atom. The number of rotatable bonds is 2. The van der Waals surface area contributed by atoms with Gasteiger partial charge in [0.1, 0.15) is 0 Å². The number of hydrogen-bond donors (Lipinski definition) is 2. The molecule has 0 atom stereocenters. The van der Waals surface area contributed by atoms with Gasteiger partial charge in [-0.3, -0.25) is 4.55 Å². The second-order valence-electron chi connectivity index (χ2n) is 3.11. The van der Waals surface area contributed by atoms with Gasteiger partial charge in [-0.05, 0) is 86.8 Å².